The zero-order chi connectivity index (χ0) is 8.39. The Morgan fingerprint density at radius 3 is 3.00 bits per heavy atom. The number of rotatable bonds is 2. The van der Waals surface area contributed by atoms with Crippen molar-refractivity contribution in [3.05, 3.63) is 0 Å². The van der Waals surface area contributed by atoms with Gasteiger partial charge in [0.25, 0.3) is 0 Å². The maximum atomic E-state index is 8.84. The summed E-state index contributed by atoms with van der Waals surface area (Å²) >= 11 is 0. The van der Waals surface area contributed by atoms with Crippen molar-refractivity contribution in [1.29, 1.82) is 0 Å². The van der Waals surface area contributed by atoms with E-state index in [0.717, 1.165) is 24.3 Å². The number of aliphatic hydroxyl groups excluding tert-OH is 1. The molecule has 70 valence electrons. The van der Waals surface area contributed by atoms with E-state index in [4.69, 9.17) is 5.11 Å². The average molecular weight is 169 g/mol. The van der Waals surface area contributed by atoms with Crippen LogP contribution < -0.4 is 5.32 Å². The van der Waals surface area contributed by atoms with Gasteiger partial charge in [0.05, 0.1) is 0 Å². The molecule has 2 fully saturated rings. The maximum absolute atomic E-state index is 8.84. The third kappa shape index (κ3) is 1.64. The van der Waals surface area contributed by atoms with E-state index >= 15 is 0 Å². The zero-order valence-corrected chi connectivity index (χ0v) is 7.63. The third-order valence-corrected chi connectivity index (χ3v) is 3.55. The molecule has 12 heavy (non-hydrogen) atoms. The van der Waals surface area contributed by atoms with Crippen LogP contribution >= 0.6 is 0 Å². The van der Waals surface area contributed by atoms with E-state index in [1.165, 1.54) is 32.2 Å². The minimum atomic E-state index is 0.384. The molecule has 1 aliphatic carbocycles. The minimum absolute atomic E-state index is 0.384. The summed E-state index contributed by atoms with van der Waals surface area (Å²) in [6, 6.07) is 0.819. The zero-order valence-electron chi connectivity index (χ0n) is 7.63. The van der Waals surface area contributed by atoms with Gasteiger partial charge in [0, 0.05) is 12.6 Å². The lowest BCUT2D eigenvalue weighted by Crippen LogP contribution is -2.32. The van der Waals surface area contributed by atoms with Crippen LogP contribution in [0, 0.1) is 11.8 Å². The normalized spacial score (nSPS) is 41.2. The van der Waals surface area contributed by atoms with Crippen LogP contribution in [0.5, 0.6) is 0 Å². The molecule has 3 atom stereocenters. The van der Waals surface area contributed by atoms with Crippen LogP contribution in [0.3, 0.4) is 0 Å². The first-order valence-corrected chi connectivity index (χ1v) is 5.24. The van der Waals surface area contributed by atoms with Gasteiger partial charge in [0.15, 0.2) is 0 Å². The molecule has 1 aliphatic heterocycles. The second-order valence-electron chi connectivity index (χ2n) is 4.30. The number of hydrogen-bond acceptors (Lipinski definition) is 2. The molecule has 2 nitrogen and oxygen atoms in total. The van der Waals surface area contributed by atoms with Crippen molar-refractivity contribution in [1.82, 2.24) is 5.32 Å². The highest BCUT2D eigenvalue weighted by Crippen LogP contribution is 2.35. The van der Waals surface area contributed by atoms with Gasteiger partial charge in [-0.05, 0) is 50.5 Å². The fourth-order valence-electron chi connectivity index (χ4n) is 2.85. The molecule has 0 radical (unpaired) electrons. The van der Waals surface area contributed by atoms with Crippen LogP contribution in [0.1, 0.15) is 32.1 Å². The lowest BCUT2D eigenvalue weighted by Gasteiger charge is -2.31. The molecule has 0 aromatic heterocycles. The predicted molar refractivity (Wildman–Crippen MR) is 48.9 cm³/mol. The molecule has 0 spiro atoms. The van der Waals surface area contributed by atoms with E-state index < -0.39 is 0 Å². The molecular weight excluding hydrogens is 150 g/mol. The Morgan fingerprint density at radius 1 is 1.25 bits per heavy atom. The van der Waals surface area contributed by atoms with E-state index in [1.807, 2.05) is 0 Å². The van der Waals surface area contributed by atoms with E-state index in [0.29, 0.717) is 6.61 Å². The Morgan fingerprint density at radius 2 is 2.17 bits per heavy atom. The minimum Gasteiger partial charge on any atom is -0.396 e. The van der Waals surface area contributed by atoms with Gasteiger partial charge in [-0.25, -0.2) is 0 Å². The molecule has 1 heterocycles. The van der Waals surface area contributed by atoms with E-state index in [2.05, 4.69) is 5.32 Å². The lowest BCUT2D eigenvalue weighted by molar-refractivity contribution is 0.190. The van der Waals surface area contributed by atoms with Crippen LogP contribution in [0.2, 0.25) is 0 Å². The van der Waals surface area contributed by atoms with E-state index in [-0.39, 0.29) is 0 Å². The summed E-state index contributed by atoms with van der Waals surface area (Å²) in [5.74, 6) is 1.74. The van der Waals surface area contributed by atoms with Crippen molar-refractivity contribution >= 4 is 0 Å². The first-order valence-electron chi connectivity index (χ1n) is 5.24. The van der Waals surface area contributed by atoms with Crippen LogP contribution in [0.15, 0.2) is 0 Å². The molecule has 2 aliphatic rings. The molecule has 3 unspecified atom stereocenters. The lowest BCUT2D eigenvalue weighted by atomic mass is 9.77. The SMILES string of the molecule is OCCC1CCC2NCCC2C1. The number of hydrogen-bond donors (Lipinski definition) is 2. The van der Waals surface area contributed by atoms with Crippen molar-refractivity contribution in [2.45, 2.75) is 38.1 Å². The summed E-state index contributed by atoms with van der Waals surface area (Å²) in [4.78, 5) is 0. The van der Waals surface area contributed by atoms with Gasteiger partial charge in [0.1, 0.15) is 0 Å². The molecule has 2 heteroatoms. The summed E-state index contributed by atoms with van der Waals surface area (Å²) in [5, 5.41) is 12.4. The molecule has 0 aromatic rings. The number of aliphatic hydroxyl groups is 1. The van der Waals surface area contributed by atoms with Crippen LogP contribution in [-0.4, -0.2) is 24.3 Å². The van der Waals surface area contributed by atoms with Crippen LogP contribution in [-0.2, 0) is 0 Å². The fourth-order valence-corrected chi connectivity index (χ4v) is 2.85. The molecule has 0 bridgehead atoms. The average Bonchev–Trinajstić information content (AvgIpc) is 2.51. The van der Waals surface area contributed by atoms with Crippen molar-refractivity contribution in [2.75, 3.05) is 13.2 Å². The summed E-state index contributed by atoms with van der Waals surface area (Å²) < 4.78 is 0. The summed E-state index contributed by atoms with van der Waals surface area (Å²) in [6.45, 7) is 1.61. The van der Waals surface area contributed by atoms with Crippen molar-refractivity contribution in [2.24, 2.45) is 11.8 Å². The van der Waals surface area contributed by atoms with Gasteiger partial charge in [0.2, 0.25) is 0 Å². The molecule has 0 amide bonds. The first-order chi connectivity index (χ1) is 5.90. The van der Waals surface area contributed by atoms with Gasteiger partial charge in [-0.1, -0.05) is 0 Å². The molecule has 2 rings (SSSR count). The molecule has 2 N–H and O–H groups in total. The standard InChI is InChI=1S/C10H19NO/c12-6-4-8-1-2-10-9(7-8)3-5-11-10/h8-12H,1-7H2. The molecular formula is C10H19NO. The number of fused-ring (bicyclic) bond motifs is 1. The van der Waals surface area contributed by atoms with Crippen molar-refractivity contribution < 1.29 is 5.11 Å². The quantitative estimate of drug-likeness (QED) is 0.650. The highest BCUT2D eigenvalue weighted by molar-refractivity contribution is 4.89. The Labute approximate surface area is 74.4 Å². The van der Waals surface area contributed by atoms with Crippen LogP contribution in [0.25, 0.3) is 0 Å². The summed E-state index contributed by atoms with van der Waals surface area (Å²) in [6.07, 6.45) is 6.43. The Hall–Kier alpha value is -0.0800. The Bertz CT molecular complexity index is 149. The van der Waals surface area contributed by atoms with Gasteiger partial charge >= 0.3 is 0 Å². The van der Waals surface area contributed by atoms with Gasteiger partial charge < -0.3 is 10.4 Å². The molecule has 0 aromatic carbocycles. The first kappa shape index (κ1) is 8.52. The number of nitrogens with one attached hydrogen (secondary N) is 1. The van der Waals surface area contributed by atoms with E-state index in [9.17, 15) is 0 Å². The largest absolute Gasteiger partial charge is 0.396 e. The second kappa shape index (κ2) is 3.75. The van der Waals surface area contributed by atoms with Gasteiger partial charge in [-0.2, -0.15) is 0 Å². The Kier molecular flexibility index (Phi) is 2.66. The molecule has 1 saturated carbocycles. The van der Waals surface area contributed by atoms with Gasteiger partial charge in [-0.3, -0.25) is 0 Å². The summed E-state index contributed by atoms with van der Waals surface area (Å²) in [7, 11) is 0. The highest BCUT2D eigenvalue weighted by atomic mass is 16.3. The highest BCUT2D eigenvalue weighted by Gasteiger charge is 2.32. The van der Waals surface area contributed by atoms with E-state index in [1.54, 1.807) is 0 Å². The maximum Gasteiger partial charge on any atom is 0.0433 e. The summed E-state index contributed by atoms with van der Waals surface area (Å²) in [5.41, 5.74) is 0. The third-order valence-electron chi connectivity index (χ3n) is 3.55. The predicted octanol–water partition coefficient (Wildman–Crippen LogP) is 1.15. The molecule has 1 saturated heterocycles. The monoisotopic (exact) mass is 169 g/mol. The van der Waals surface area contributed by atoms with Gasteiger partial charge in [-0.15, -0.1) is 0 Å². The van der Waals surface area contributed by atoms with Crippen LogP contribution in [0.4, 0.5) is 0 Å². The Balaban J connectivity index is 1.84. The van der Waals surface area contributed by atoms with Crippen molar-refractivity contribution in [3.63, 3.8) is 0 Å². The fraction of sp³-hybridized carbons (Fsp3) is 1.00. The topological polar surface area (TPSA) is 32.3 Å². The smallest absolute Gasteiger partial charge is 0.0433 e. The van der Waals surface area contributed by atoms with Crippen molar-refractivity contribution in [3.8, 4) is 0 Å². The second-order valence-corrected chi connectivity index (χ2v) is 4.30.